The Morgan fingerprint density at radius 2 is 1.56 bits per heavy atom. The first kappa shape index (κ1) is 22.1. The van der Waals surface area contributed by atoms with Crippen LogP contribution in [-0.4, -0.2) is 57.3 Å². The first-order valence-electron chi connectivity index (χ1n) is 7.97. The second-order valence-electron chi connectivity index (χ2n) is 5.73. The van der Waals surface area contributed by atoms with Crippen LogP contribution in [0.2, 0.25) is 0 Å². The number of carbonyl (C=O) groups excluding carboxylic acids is 5. The van der Waals surface area contributed by atoms with E-state index in [1.807, 2.05) is 0 Å². The molecular weight excluding hydrogens is 364 g/mol. The second kappa shape index (κ2) is 9.70. The number of hydrogen-bond acceptors (Lipinski definition) is 10. The first-order chi connectivity index (χ1) is 12.7. The largest absolute Gasteiger partial charge is 0.469 e. The fourth-order valence-electron chi connectivity index (χ4n) is 3.00. The molecule has 10 nitrogen and oxygen atoms in total. The SMILES string of the molecule is COC(=O)C[C@H]1C(=C(OC(C)=O)C(=O)OC)C[C@@H](OC(C)=O)[C@@H]1C(=O)OC. The molecule has 0 spiro atoms. The summed E-state index contributed by atoms with van der Waals surface area (Å²) in [6.45, 7) is 2.23. The minimum atomic E-state index is -1.09. The van der Waals surface area contributed by atoms with Crippen LogP contribution in [0.1, 0.15) is 26.7 Å². The quantitative estimate of drug-likeness (QED) is 0.271. The van der Waals surface area contributed by atoms with Gasteiger partial charge >= 0.3 is 29.8 Å². The van der Waals surface area contributed by atoms with E-state index in [0.717, 1.165) is 35.2 Å². The number of rotatable bonds is 6. The standard InChI is InChI=1S/C17H22O10/c1-8(18)26-12-6-11(15(17(22)25-5)27-9(2)19)10(7-13(20)23-3)14(12)16(21)24-4/h10,12,14H,6-7H2,1-5H3/t10-,12+,14+/m0/s1. The van der Waals surface area contributed by atoms with Crippen LogP contribution in [0.3, 0.4) is 0 Å². The van der Waals surface area contributed by atoms with Crippen molar-refractivity contribution in [1.82, 2.24) is 0 Å². The Bertz CT molecular complexity index is 663. The van der Waals surface area contributed by atoms with Gasteiger partial charge in [0.1, 0.15) is 12.0 Å². The van der Waals surface area contributed by atoms with E-state index >= 15 is 0 Å². The van der Waals surface area contributed by atoms with E-state index in [1.54, 1.807) is 0 Å². The second-order valence-corrected chi connectivity index (χ2v) is 5.73. The molecule has 0 bridgehead atoms. The highest BCUT2D eigenvalue weighted by molar-refractivity contribution is 5.91. The zero-order chi connectivity index (χ0) is 20.7. The van der Waals surface area contributed by atoms with Gasteiger partial charge in [0.15, 0.2) is 0 Å². The van der Waals surface area contributed by atoms with Crippen molar-refractivity contribution in [3.63, 3.8) is 0 Å². The summed E-state index contributed by atoms with van der Waals surface area (Å²) in [4.78, 5) is 59.1. The van der Waals surface area contributed by atoms with Gasteiger partial charge < -0.3 is 23.7 Å². The summed E-state index contributed by atoms with van der Waals surface area (Å²) in [7, 11) is 3.38. The molecule has 0 aromatic carbocycles. The van der Waals surface area contributed by atoms with Crippen LogP contribution in [0.15, 0.2) is 11.3 Å². The highest BCUT2D eigenvalue weighted by atomic mass is 16.6. The maximum absolute atomic E-state index is 12.3. The average molecular weight is 386 g/mol. The third-order valence-electron chi connectivity index (χ3n) is 4.02. The molecule has 1 rings (SSSR count). The summed E-state index contributed by atoms with van der Waals surface area (Å²) in [6, 6.07) is 0. The summed E-state index contributed by atoms with van der Waals surface area (Å²) in [5.41, 5.74) is 0.129. The summed E-state index contributed by atoms with van der Waals surface area (Å²) < 4.78 is 24.2. The van der Waals surface area contributed by atoms with Gasteiger partial charge in [-0.15, -0.1) is 0 Å². The van der Waals surface area contributed by atoms with Crippen LogP contribution in [-0.2, 0) is 47.7 Å². The molecule has 0 aliphatic heterocycles. The van der Waals surface area contributed by atoms with Crippen molar-refractivity contribution < 1.29 is 47.7 Å². The lowest BCUT2D eigenvalue weighted by molar-refractivity contribution is -0.159. The molecule has 0 N–H and O–H groups in total. The normalized spacial score (nSPS) is 23.1. The van der Waals surface area contributed by atoms with Gasteiger partial charge in [0.25, 0.3) is 0 Å². The third kappa shape index (κ3) is 5.53. The number of carbonyl (C=O) groups is 5. The van der Waals surface area contributed by atoms with Gasteiger partial charge in [-0.05, 0) is 5.57 Å². The predicted octanol–water partition coefficient (Wildman–Crippen LogP) is 0.281. The Hall–Kier alpha value is -2.91. The van der Waals surface area contributed by atoms with Crippen molar-refractivity contribution in [2.45, 2.75) is 32.8 Å². The molecule has 0 saturated heterocycles. The van der Waals surface area contributed by atoms with Gasteiger partial charge in [-0.1, -0.05) is 0 Å². The smallest absolute Gasteiger partial charge is 0.374 e. The number of ether oxygens (including phenoxy) is 5. The molecule has 0 aromatic heterocycles. The molecule has 1 saturated carbocycles. The molecular formula is C17H22O10. The molecule has 150 valence electrons. The van der Waals surface area contributed by atoms with Crippen molar-refractivity contribution in [3.05, 3.63) is 11.3 Å². The zero-order valence-electron chi connectivity index (χ0n) is 15.7. The van der Waals surface area contributed by atoms with Crippen LogP contribution in [0.25, 0.3) is 0 Å². The Labute approximate surface area is 155 Å². The van der Waals surface area contributed by atoms with Crippen LogP contribution >= 0.6 is 0 Å². The topological polar surface area (TPSA) is 132 Å². The molecule has 27 heavy (non-hydrogen) atoms. The van der Waals surface area contributed by atoms with E-state index in [-0.39, 0.29) is 18.4 Å². The molecule has 0 heterocycles. The van der Waals surface area contributed by atoms with E-state index in [2.05, 4.69) is 9.47 Å². The Balaban J connectivity index is 3.55. The highest BCUT2D eigenvalue weighted by Gasteiger charge is 2.50. The van der Waals surface area contributed by atoms with Crippen molar-refractivity contribution in [1.29, 1.82) is 0 Å². The minimum Gasteiger partial charge on any atom is -0.469 e. The molecule has 1 aliphatic rings. The van der Waals surface area contributed by atoms with E-state index in [1.165, 1.54) is 0 Å². The lowest BCUT2D eigenvalue weighted by atomic mass is 9.88. The average Bonchev–Trinajstić information content (AvgIpc) is 2.94. The number of hydrogen-bond donors (Lipinski definition) is 0. The Kier molecular flexibility index (Phi) is 7.95. The summed E-state index contributed by atoms with van der Waals surface area (Å²) in [6.07, 6.45) is -1.47. The summed E-state index contributed by atoms with van der Waals surface area (Å²) in [5.74, 6) is -6.38. The van der Waals surface area contributed by atoms with Crippen molar-refractivity contribution >= 4 is 29.8 Å². The molecule has 0 amide bonds. The van der Waals surface area contributed by atoms with Gasteiger partial charge in [-0.25, -0.2) is 4.79 Å². The first-order valence-corrected chi connectivity index (χ1v) is 7.97. The van der Waals surface area contributed by atoms with Gasteiger partial charge in [0.05, 0.1) is 27.8 Å². The molecule has 0 aromatic rings. The van der Waals surface area contributed by atoms with E-state index < -0.39 is 53.5 Å². The maximum Gasteiger partial charge on any atom is 0.374 e. The van der Waals surface area contributed by atoms with Crippen LogP contribution in [0.5, 0.6) is 0 Å². The van der Waals surface area contributed by atoms with Crippen molar-refractivity contribution in [3.8, 4) is 0 Å². The van der Waals surface area contributed by atoms with Crippen LogP contribution in [0, 0.1) is 11.8 Å². The molecule has 1 aliphatic carbocycles. The molecule has 10 heteroatoms. The highest BCUT2D eigenvalue weighted by Crippen LogP contribution is 2.43. The van der Waals surface area contributed by atoms with E-state index in [0.29, 0.717) is 0 Å². The maximum atomic E-state index is 12.3. The fraction of sp³-hybridized carbons (Fsp3) is 0.588. The Morgan fingerprint density at radius 3 is 2.00 bits per heavy atom. The van der Waals surface area contributed by atoms with Gasteiger partial charge in [0.2, 0.25) is 5.76 Å². The van der Waals surface area contributed by atoms with E-state index in [4.69, 9.17) is 14.2 Å². The minimum absolute atomic E-state index is 0.126. The van der Waals surface area contributed by atoms with Crippen LogP contribution < -0.4 is 0 Å². The Morgan fingerprint density at radius 1 is 0.926 bits per heavy atom. The molecule has 0 unspecified atom stereocenters. The number of methoxy groups -OCH3 is 3. The molecule has 3 atom stereocenters. The van der Waals surface area contributed by atoms with Gasteiger partial charge in [-0.2, -0.15) is 0 Å². The van der Waals surface area contributed by atoms with Crippen LogP contribution in [0.4, 0.5) is 0 Å². The third-order valence-corrected chi connectivity index (χ3v) is 4.02. The van der Waals surface area contributed by atoms with Gasteiger partial charge in [0, 0.05) is 26.2 Å². The summed E-state index contributed by atoms with van der Waals surface area (Å²) in [5, 5.41) is 0. The summed E-state index contributed by atoms with van der Waals surface area (Å²) >= 11 is 0. The number of esters is 5. The molecule has 0 radical (unpaired) electrons. The van der Waals surface area contributed by atoms with E-state index in [9.17, 15) is 24.0 Å². The van der Waals surface area contributed by atoms with Crippen molar-refractivity contribution in [2.24, 2.45) is 11.8 Å². The van der Waals surface area contributed by atoms with Crippen molar-refractivity contribution in [2.75, 3.05) is 21.3 Å². The predicted molar refractivity (Wildman–Crippen MR) is 86.6 cm³/mol. The lowest BCUT2D eigenvalue weighted by Crippen LogP contribution is -2.33. The molecule has 1 fully saturated rings. The monoisotopic (exact) mass is 386 g/mol. The zero-order valence-corrected chi connectivity index (χ0v) is 15.7. The fourth-order valence-corrected chi connectivity index (χ4v) is 3.00. The van der Waals surface area contributed by atoms with Gasteiger partial charge in [-0.3, -0.25) is 19.2 Å². The lowest BCUT2D eigenvalue weighted by Gasteiger charge is -2.22.